The molecule has 0 radical (unpaired) electrons. The quantitative estimate of drug-likeness (QED) is 0.756. The highest BCUT2D eigenvalue weighted by Gasteiger charge is 2.07. The maximum Gasteiger partial charge on any atom is 0.319 e. The first-order valence-electron chi connectivity index (χ1n) is 7.55. The Labute approximate surface area is 139 Å². The van der Waals surface area contributed by atoms with Crippen molar-refractivity contribution in [3.63, 3.8) is 0 Å². The van der Waals surface area contributed by atoms with Crippen LogP contribution in [0.2, 0.25) is 0 Å². The number of carbonyl (C=O) groups is 1. The van der Waals surface area contributed by atoms with Gasteiger partial charge < -0.3 is 15.2 Å². The molecule has 5 nitrogen and oxygen atoms in total. The number of nitrogens with one attached hydrogen (secondary N) is 2. The molecule has 2 amide bonds. The van der Waals surface area contributed by atoms with E-state index < -0.39 is 11.8 Å². The van der Waals surface area contributed by atoms with Gasteiger partial charge >= 0.3 is 6.03 Å². The highest BCUT2D eigenvalue weighted by Crippen LogP contribution is 2.09. The molecule has 1 aromatic heterocycles. The van der Waals surface area contributed by atoms with E-state index in [4.69, 9.17) is 0 Å². The topological polar surface area (TPSA) is 59.0 Å². The Hall–Kier alpha value is -3.15. The first kappa shape index (κ1) is 15.7. The number of rotatable bonds is 5. The molecule has 2 N–H and O–H groups in total. The summed E-state index contributed by atoms with van der Waals surface area (Å²) < 4.78 is 15.1. The highest BCUT2D eigenvalue weighted by molar-refractivity contribution is 5.89. The first-order chi connectivity index (χ1) is 11.7. The SMILES string of the molecule is O=C(NCc1nccn1Cc1ccccc1)Nc1cccc(F)c1. The normalized spacial score (nSPS) is 10.4. The Balaban J connectivity index is 1.57. The van der Waals surface area contributed by atoms with Gasteiger partial charge in [-0.15, -0.1) is 0 Å². The average molecular weight is 324 g/mol. The fourth-order valence-corrected chi connectivity index (χ4v) is 2.33. The van der Waals surface area contributed by atoms with E-state index in [1.807, 2.05) is 41.1 Å². The van der Waals surface area contributed by atoms with Gasteiger partial charge in [-0.05, 0) is 23.8 Å². The van der Waals surface area contributed by atoms with Crippen molar-refractivity contribution in [3.05, 3.63) is 84.2 Å². The zero-order valence-corrected chi connectivity index (χ0v) is 12.9. The number of nitrogens with zero attached hydrogens (tertiary/aromatic N) is 2. The second-order valence-corrected chi connectivity index (χ2v) is 5.27. The van der Waals surface area contributed by atoms with E-state index in [0.29, 0.717) is 12.2 Å². The second-order valence-electron chi connectivity index (χ2n) is 5.27. The molecule has 1 heterocycles. The molecule has 6 heteroatoms. The van der Waals surface area contributed by atoms with Crippen molar-refractivity contribution in [1.29, 1.82) is 0 Å². The third-order valence-corrected chi connectivity index (χ3v) is 3.49. The number of aromatic nitrogens is 2. The van der Waals surface area contributed by atoms with Crippen LogP contribution in [0.5, 0.6) is 0 Å². The van der Waals surface area contributed by atoms with Crippen molar-refractivity contribution in [2.75, 3.05) is 5.32 Å². The lowest BCUT2D eigenvalue weighted by molar-refractivity contribution is 0.251. The molecule has 2 aromatic carbocycles. The molecule has 0 saturated heterocycles. The van der Waals surface area contributed by atoms with Crippen LogP contribution in [0.3, 0.4) is 0 Å². The van der Waals surface area contributed by atoms with Crippen molar-refractivity contribution >= 4 is 11.7 Å². The summed E-state index contributed by atoms with van der Waals surface area (Å²) in [5.74, 6) is 0.347. The second kappa shape index (κ2) is 7.41. The van der Waals surface area contributed by atoms with Crippen molar-refractivity contribution in [2.45, 2.75) is 13.1 Å². The van der Waals surface area contributed by atoms with Crippen molar-refractivity contribution in [3.8, 4) is 0 Å². The molecule has 3 rings (SSSR count). The molecule has 0 unspecified atom stereocenters. The van der Waals surface area contributed by atoms with Crippen LogP contribution < -0.4 is 10.6 Å². The number of hydrogen-bond acceptors (Lipinski definition) is 2. The molecule has 0 aliphatic carbocycles. The van der Waals surface area contributed by atoms with E-state index in [-0.39, 0.29) is 6.54 Å². The summed E-state index contributed by atoms with van der Waals surface area (Å²) >= 11 is 0. The molecule has 24 heavy (non-hydrogen) atoms. The van der Waals surface area contributed by atoms with Crippen LogP contribution in [0.4, 0.5) is 14.9 Å². The standard InChI is InChI=1S/C18H17FN4O/c19-15-7-4-8-16(11-15)22-18(24)21-12-17-20-9-10-23(17)13-14-5-2-1-3-6-14/h1-11H,12-13H2,(H2,21,22,24). The summed E-state index contributed by atoms with van der Waals surface area (Å²) in [6.07, 6.45) is 3.57. The van der Waals surface area contributed by atoms with Crippen molar-refractivity contribution in [1.82, 2.24) is 14.9 Å². The summed E-state index contributed by atoms with van der Waals surface area (Å²) in [6, 6.07) is 15.3. The van der Waals surface area contributed by atoms with Gasteiger partial charge in [0.1, 0.15) is 11.6 Å². The molecule has 122 valence electrons. The molecular formula is C18H17FN4O. The van der Waals surface area contributed by atoms with Crippen LogP contribution >= 0.6 is 0 Å². The average Bonchev–Trinajstić information content (AvgIpc) is 3.01. The van der Waals surface area contributed by atoms with Gasteiger partial charge in [0.2, 0.25) is 0 Å². The Kier molecular flexibility index (Phi) is 4.86. The van der Waals surface area contributed by atoms with Gasteiger partial charge in [-0.25, -0.2) is 14.2 Å². The molecule has 0 aliphatic heterocycles. The molecular weight excluding hydrogens is 307 g/mol. The van der Waals surface area contributed by atoms with Crippen LogP contribution in [0.25, 0.3) is 0 Å². The summed E-state index contributed by atoms with van der Waals surface area (Å²) in [5.41, 5.74) is 1.56. The van der Waals surface area contributed by atoms with Gasteiger partial charge in [0.05, 0.1) is 6.54 Å². The molecule has 0 aliphatic rings. The third-order valence-electron chi connectivity index (χ3n) is 3.49. The monoisotopic (exact) mass is 324 g/mol. The number of halogens is 1. The molecule has 0 bridgehead atoms. The molecule has 0 spiro atoms. The Morgan fingerprint density at radius 1 is 1.12 bits per heavy atom. The van der Waals surface area contributed by atoms with Crippen LogP contribution in [0, 0.1) is 5.82 Å². The third kappa shape index (κ3) is 4.19. The zero-order valence-electron chi connectivity index (χ0n) is 12.9. The van der Waals surface area contributed by atoms with Crippen molar-refractivity contribution in [2.24, 2.45) is 0 Å². The summed E-state index contributed by atoms with van der Waals surface area (Å²) in [7, 11) is 0. The van der Waals surface area contributed by atoms with E-state index in [1.54, 1.807) is 12.3 Å². The van der Waals surface area contributed by atoms with Gasteiger partial charge in [0.25, 0.3) is 0 Å². The summed E-state index contributed by atoms with van der Waals surface area (Å²) in [5, 5.41) is 5.31. The summed E-state index contributed by atoms with van der Waals surface area (Å²) in [6.45, 7) is 0.963. The van der Waals surface area contributed by atoms with E-state index in [9.17, 15) is 9.18 Å². The highest BCUT2D eigenvalue weighted by atomic mass is 19.1. The number of urea groups is 1. The van der Waals surface area contributed by atoms with Gasteiger partial charge in [0.15, 0.2) is 0 Å². The van der Waals surface area contributed by atoms with Crippen LogP contribution in [0.15, 0.2) is 67.0 Å². The van der Waals surface area contributed by atoms with Gasteiger partial charge in [-0.3, -0.25) is 0 Å². The zero-order chi connectivity index (χ0) is 16.8. The van der Waals surface area contributed by atoms with E-state index in [1.165, 1.54) is 18.2 Å². The van der Waals surface area contributed by atoms with Gasteiger partial charge in [-0.2, -0.15) is 0 Å². The lowest BCUT2D eigenvalue weighted by atomic mass is 10.2. The van der Waals surface area contributed by atoms with E-state index in [2.05, 4.69) is 15.6 Å². The first-order valence-corrected chi connectivity index (χ1v) is 7.55. The number of amides is 2. The number of carbonyl (C=O) groups excluding carboxylic acids is 1. The number of benzene rings is 2. The number of imidazole rings is 1. The number of hydrogen-bond donors (Lipinski definition) is 2. The van der Waals surface area contributed by atoms with Gasteiger partial charge in [0, 0.05) is 24.6 Å². The smallest absolute Gasteiger partial charge is 0.319 e. The van der Waals surface area contributed by atoms with Crippen LogP contribution in [-0.2, 0) is 13.1 Å². The van der Waals surface area contributed by atoms with E-state index in [0.717, 1.165) is 11.4 Å². The molecule has 0 saturated carbocycles. The van der Waals surface area contributed by atoms with Gasteiger partial charge in [-0.1, -0.05) is 36.4 Å². The number of anilines is 1. The minimum absolute atomic E-state index is 0.279. The lowest BCUT2D eigenvalue weighted by Gasteiger charge is -2.10. The van der Waals surface area contributed by atoms with E-state index >= 15 is 0 Å². The predicted octanol–water partition coefficient (Wildman–Crippen LogP) is 3.39. The lowest BCUT2D eigenvalue weighted by Crippen LogP contribution is -2.29. The predicted molar refractivity (Wildman–Crippen MR) is 90.0 cm³/mol. The minimum Gasteiger partial charge on any atom is -0.331 e. The van der Waals surface area contributed by atoms with Crippen molar-refractivity contribution < 1.29 is 9.18 Å². The maximum atomic E-state index is 13.1. The molecule has 3 aromatic rings. The van der Waals surface area contributed by atoms with Crippen LogP contribution in [-0.4, -0.2) is 15.6 Å². The summed E-state index contributed by atoms with van der Waals surface area (Å²) in [4.78, 5) is 16.2. The van der Waals surface area contributed by atoms with Crippen LogP contribution in [0.1, 0.15) is 11.4 Å². The fraction of sp³-hybridized carbons (Fsp3) is 0.111. The minimum atomic E-state index is -0.408. The fourth-order valence-electron chi connectivity index (χ4n) is 2.33. The Morgan fingerprint density at radius 2 is 1.96 bits per heavy atom. The Morgan fingerprint density at radius 3 is 2.75 bits per heavy atom. The molecule has 0 atom stereocenters. The maximum absolute atomic E-state index is 13.1. The largest absolute Gasteiger partial charge is 0.331 e. The molecule has 0 fully saturated rings. The Bertz CT molecular complexity index is 817.